The maximum atomic E-state index is 9.51. The van der Waals surface area contributed by atoms with E-state index in [0.29, 0.717) is 0 Å². The highest BCUT2D eigenvalue weighted by atomic mass is 16.5. The monoisotopic (exact) mass is 264 g/mol. The van der Waals surface area contributed by atoms with Crippen molar-refractivity contribution in [2.75, 3.05) is 0 Å². The molecule has 0 saturated carbocycles. The highest BCUT2D eigenvalue weighted by Gasteiger charge is 2.45. The number of hydrogen-bond donors (Lipinski definition) is 0. The Kier molecular flexibility index (Phi) is 2.47. The molecule has 0 bridgehead atoms. The number of fused-ring (bicyclic) bond motifs is 4. The third kappa shape index (κ3) is 1.42. The van der Waals surface area contributed by atoms with Crippen LogP contribution in [0.2, 0.25) is 0 Å². The lowest BCUT2D eigenvalue weighted by Crippen LogP contribution is -2.36. The van der Waals surface area contributed by atoms with E-state index < -0.39 is 0 Å². The Morgan fingerprint density at radius 3 is 2.75 bits per heavy atom. The van der Waals surface area contributed by atoms with Crippen molar-refractivity contribution in [3.05, 3.63) is 52.4 Å². The van der Waals surface area contributed by atoms with Crippen LogP contribution < -0.4 is 0 Å². The van der Waals surface area contributed by atoms with E-state index in [9.17, 15) is 5.26 Å². The second-order valence-corrected chi connectivity index (χ2v) is 5.92. The summed E-state index contributed by atoms with van der Waals surface area (Å²) in [7, 11) is 0. The maximum absolute atomic E-state index is 9.51. The fourth-order valence-electron chi connectivity index (χ4n) is 4.18. The quantitative estimate of drug-likeness (QED) is 0.731. The average Bonchev–Trinajstić information content (AvgIpc) is 2.97. The third-order valence-electron chi connectivity index (χ3n) is 4.93. The van der Waals surface area contributed by atoms with Crippen LogP contribution in [-0.2, 0) is 18.3 Å². The van der Waals surface area contributed by atoms with Gasteiger partial charge >= 0.3 is 0 Å². The molecule has 100 valence electrons. The van der Waals surface area contributed by atoms with Gasteiger partial charge in [0.2, 0.25) is 0 Å². The summed E-state index contributed by atoms with van der Waals surface area (Å²) in [5, 5.41) is 13.5. The van der Waals surface area contributed by atoms with Crippen molar-refractivity contribution in [2.45, 2.75) is 43.9 Å². The summed E-state index contributed by atoms with van der Waals surface area (Å²) < 4.78 is 5.65. The van der Waals surface area contributed by atoms with Crippen LogP contribution >= 0.6 is 0 Å². The van der Waals surface area contributed by atoms with Gasteiger partial charge in [0.25, 0.3) is 0 Å². The maximum Gasteiger partial charge on any atom is 0.150 e. The van der Waals surface area contributed by atoms with Gasteiger partial charge in [-0.2, -0.15) is 5.26 Å². The average molecular weight is 264 g/mol. The van der Waals surface area contributed by atoms with Crippen molar-refractivity contribution in [3.8, 4) is 6.07 Å². The lowest BCUT2D eigenvalue weighted by molar-refractivity contribution is 0.263. The molecule has 0 N–H and O–H groups in total. The summed E-state index contributed by atoms with van der Waals surface area (Å²) in [6, 6.07) is 8.50. The van der Waals surface area contributed by atoms with E-state index in [4.69, 9.17) is 4.52 Å². The van der Waals surface area contributed by atoms with Gasteiger partial charge in [-0.15, -0.1) is 0 Å². The molecular weight excluding hydrogens is 248 g/mol. The van der Waals surface area contributed by atoms with Gasteiger partial charge in [-0.3, -0.25) is 0 Å². The lowest BCUT2D eigenvalue weighted by atomic mass is 9.61. The molecule has 4 rings (SSSR count). The summed E-state index contributed by atoms with van der Waals surface area (Å²) in [6.07, 6.45) is 8.41. The molecule has 0 radical (unpaired) electrons. The summed E-state index contributed by atoms with van der Waals surface area (Å²) >= 11 is 0. The van der Waals surface area contributed by atoms with Crippen molar-refractivity contribution in [2.24, 2.45) is 0 Å². The zero-order valence-electron chi connectivity index (χ0n) is 11.4. The van der Waals surface area contributed by atoms with Crippen molar-refractivity contribution in [1.29, 1.82) is 5.26 Å². The molecule has 2 aromatic rings. The fourth-order valence-corrected chi connectivity index (χ4v) is 4.18. The molecule has 0 fully saturated rings. The molecular formula is C17H16N2O. The predicted molar refractivity (Wildman–Crippen MR) is 74.3 cm³/mol. The number of nitriles is 1. The molecule has 0 aliphatic heterocycles. The molecule has 1 aromatic carbocycles. The minimum Gasteiger partial charge on any atom is -0.360 e. The minimum absolute atomic E-state index is 0.107. The van der Waals surface area contributed by atoms with Crippen LogP contribution in [-0.4, -0.2) is 5.16 Å². The summed E-state index contributed by atoms with van der Waals surface area (Å²) in [6.45, 7) is 0. The van der Waals surface area contributed by atoms with E-state index in [1.54, 1.807) is 0 Å². The molecule has 1 heterocycles. The molecule has 1 unspecified atom stereocenters. The molecule has 1 spiro atoms. The van der Waals surface area contributed by atoms with Gasteiger partial charge in [-0.25, -0.2) is 0 Å². The molecule has 3 nitrogen and oxygen atoms in total. The number of hydrogen-bond acceptors (Lipinski definition) is 3. The minimum atomic E-state index is -0.107. The largest absolute Gasteiger partial charge is 0.360 e. The SMILES string of the molecule is N#Cc1cccc2c1C1(CCCc3cnoc31)CCC2. The topological polar surface area (TPSA) is 49.8 Å². The van der Waals surface area contributed by atoms with Gasteiger partial charge in [0.05, 0.1) is 23.2 Å². The van der Waals surface area contributed by atoms with E-state index in [1.807, 2.05) is 18.3 Å². The second-order valence-electron chi connectivity index (χ2n) is 5.92. The second kappa shape index (κ2) is 4.21. The number of benzene rings is 1. The van der Waals surface area contributed by atoms with E-state index in [2.05, 4.69) is 17.3 Å². The number of nitrogens with zero attached hydrogens (tertiary/aromatic N) is 2. The molecule has 1 atom stereocenters. The molecule has 0 saturated heterocycles. The first-order valence-electron chi connectivity index (χ1n) is 7.32. The first kappa shape index (κ1) is 11.7. The zero-order chi connectivity index (χ0) is 13.6. The van der Waals surface area contributed by atoms with Crippen molar-refractivity contribution in [3.63, 3.8) is 0 Å². The first-order chi connectivity index (χ1) is 9.85. The van der Waals surface area contributed by atoms with Crippen LogP contribution in [0.1, 0.15) is 53.7 Å². The normalized spacial score (nSPS) is 23.9. The first-order valence-corrected chi connectivity index (χ1v) is 7.32. The molecule has 3 heteroatoms. The molecule has 20 heavy (non-hydrogen) atoms. The Labute approximate surface area is 118 Å². The number of aromatic nitrogens is 1. The van der Waals surface area contributed by atoms with Crippen LogP contribution in [0.25, 0.3) is 0 Å². The van der Waals surface area contributed by atoms with Crippen LogP contribution in [0.15, 0.2) is 28.9 Å². The zero-order valence-corrected chi connectivity index (χ0v) is 11.4. The Morgan fingerprint density at radius 1 is 1.15 bits per heavy atom. The van der Waals surface area contributed by atoms with Gasteiger partial charge in [0.1, 0.15) is 5.76 Å². The fraction of sp³-hybridized carbons (Fsp3) is 0.412. The Bertz CT molecular complexity index is 706. The van der Waals surface area contributed by atoms with Crippen LogP contribution in [0.5, 0.6) is 0 Å². The highest BCUT2D eigenvalue weighted by Crippen LogP contribution is 2.50. The Balaban J connectivity index is 2.03. The lowest BCUT2D eigenvalue weighted by Gasteiger charge is -2.40. The summed E-state index contributed by atoms with van der Waals surface area (Å²) in [5.74, 6) is 1.02. The standard InChI is InChI=1S/C17H16N2O/c18-10-13-5-1-4-12-6-2-8-17(15(12)13)9-3-7-14-11-19-20-16(14)17/h1,4-5,11H,2-3,6-9H2. The van der Waals surface area contributed by atoms with Crippen LogP contribution in [0, 0.1) is 11.3 Å². The Morgan fingerprint density at radius 2 is 1.95 bits per heavy atom. The van der Waals surface area contributed by atoms with Crippen molar-refractivity contribution in [1.82, 2.24) is 5.16 Å². The molecule has 2 aliphatic rings. The Hall–Kier alpha value is -2.08. The predicted octanol–water partition coefficient (Wildman–Crippen LogP) is 3.50. The smallest absolute Gasteiger partial charge is 0.150 e. The third-order valence-corrected chi connectivity index (χ3v) is 4.93. The van der Waals surface area contributed by atoms with E-state index in [-0.39, 0.29) is 5.41 Å². The van der Waals surface area contributed by atoms with Crippen LogP contribution in [0.3, 0.4) is 0 Å². The van der Waals surface area contributed by atoms with Crippen molar-refractivity contribution >= 4 is 0 Å². The summed E-state index contributed by atoms with van der Waals surface area (Å²) in [5.41, 5.74) is 4.47. The summed E-state index contributed by atoms with van der Waals surface area (Å²) in [4.78, 5) is 0. The van der Waals surface area contributed by atoms with Crippen LogP contribution in [0.4, 0.5) is 0 Å². The van der Waals surface area contributed by atoms with Gasteiger partial charge < -0.3 is 4.52 Å². The molecule has 2 aliphatic carbocycles. The number of rotatable bonds is 0. The van der Waals surface area contributed by atoms with Gasteiger partial charge in [-0.1, -0.05) is 17.3 Å². The van der Waals surface area contributed by atoms with E-state index in [1.165, 1.54) is 16.7 Å². The van der Waals surface area contributed by atoms with Gasteiger partial charge in [-0.05, 0) is 55.7 Å². The van der Waals surface area contributed by atoms with Gasteiger partial charge in [0, 0.05) is 5.56 Å². The van der Waals surface area contributed by atoms with E-state index >= 15 is 0 Å². The number of aryl methyl sites for hydroxylation is 2. The van der Waals surface area contributed by atoms with Crippen molar-refractivity contribution < 1.29 is 4.52 Å². The highest BCUT2D eigenvalue weighted by molar-refractivity contribution is 5.54. The van der Waals surface area contributed by atoms with E-state index in [0.717, 1.165) is 49.8 Å². The molecule has 0 amide bonds. The molecule has 1 aromatic heterocycles. The van der Waals surface area contributed by atoms with Gasteiger partial charge in [0.15, 0.2) is 0 Å².